The Morgan fingerprint density at radius 2 is 2.13 bits per heavy atom. The van der Waals surface area contributed by atoms with E-state index < -0.39 is 0 Å². The first-order valence-corrected chi connectivity index (χ1v) is 9.24. The van der Waals surface area contributed by atoms with E-state index in [0.717, 1.165) is 47.0 Å². The van der Waals surface area contributed by atoms with Gasteiger partial charge in [-0.1, -0.05) is 32.9 Å². The van der Waals surface area contributed by atoms with Crippen molar-refractivity contribution in [2.45, 2.75) is 45.3 Å². The fraction of sp³-hybridized carbons (Fsp3) is 0.526. The number of carbonyl (C=O) groups is 1. The summed E-state index contributed by atoms with van der Waals surface area (Å²) in [5.74, 6) is 3.63. The van der Waals surface area contributed by atoms with Gasteiger partial charge >= 0.3 is 0 Å². The maximum Gasteiger partial charge on any atom is 0.173 e. The second kappa shape index (κ2) is 6.23. The molecule has 0 N–H and O–H groups in total. The number of Topliss-reactive ketones (excluding diaryl/α,β-unsaturated/α-hetero) is 1. The van der Waals surface area contributed by atoms with Gasteiger partial charge in [-0.2, -0.15) is 0 Å². The van der Waals surface area contributed by atoms with Crippen molar-refractivity contribution < 1.29 is 14.3 Å². The molecule has 0 spiro atoms. The molecule has 3 rings (SSSR count). The molecule has 1 unspecified atom stereocenters. The van der Waals surface area contributed by atoms with Crippen LogP contribution in [0.25, 0.3) is 0 Å². The van der Waals surface area contributed by atoms with E-state index in [1.54, 1.807) is 7.11 Å². The number of allylic oxidation sites excluding steroid dienone is 1. The second-order valence-corrected chi connectivity index (χ2v) is 8.22. The summed E-state index contributed by atoms with van der Waals surface area (Å²) >= 11 is 1.83. The van der Waals surface area contributed by atoms with Crippen molar-refractivity contribution in [1.82, 2.24) is 0 Å². The molecule has 0 saturated heterocycles. The minimum atomic E-state index is -0.0462. The van der Waals surface area contributed by atoms with E-state index in [9.17, 15) is 4.79 Å². The quantitative estimate of drug-likeness (QED) is 0.784. The zero-order chi connectivity index (χ0) is 16.6. The number of ether oxygens (including phenoxy) is 2. The van der Waals surface area contributed by atoms with E-state index in [-0.39, 0.29) is 16.4 Å². The van der Waals surface area contributed by atoms with E-state index in [1.165, 1.54) is 0 Å². The topological polar surface area (TPSA) is 35.5 Å². The number of hydrogen-bond donors (Lipinski definition) is 0. The van der Waals surface area contributed by atoms with Crippen LogP contribution in [0.3, 0.4) is 0 Å². The first-order chi connectivity index (χ1) is 11.0. The lowest BCUT2D eigenvalue weighted by Crippen LogP contribution is -2.32. The van der Waals surface area contributed by atoms with Gasteiger partial charge in [-0.3, -0.25) is 4.79 Å². The summed E-state index contributed by atoms with van der Waals surface area (Å²) in [5.41, 5.74) is 1.90. The van der Waals surface area contributed by atoms with Gasteiger partial charge in [0.15, 0.2) is 17.3 Å². The highest BCUT2D eigenvalue weighted by Crippen LogP contribution is 2.53. The molecule has 1 aliphatic carbocycles. The maximum atomic E-state index is 12.8. The second-order valence-electron chi connectivity index (χ2n) is 7.01. The molecule has 1 heterocycles. The predicted octanol–water partition coefficient (Wildman–Crippen LogP) is 4.92. The molecule has 4 heteroatoms. The molecule has 0 fully saturated rings. The molecule has 3 nitrogen and oxygen atoms in total. The molecule has 1 aromatic rings. The highest BCUT2D eigenvalue weighted by Gasteiger charge is 2.42. The van der Waals surface area contributed by atoms with Crippen molar-refractivity contribution in [3.63, 3.8) is 0 Å². The SMILES string of the molecule is CCCSC1C2=C(CC(C)(C)CC2=O)Oc2c(OC)cccc21. The lowest BCUT2D eigenvalue weighted by molar-refractivity contribution is -0.118. The zero-order valence-electron chi connectivity index (χ0n) is 14.3. The fourth-order valence-electron chi connectivity index (χ4n) is 3.36. The van der Waals surface area contributed by atoms with Crippen molar-refractivity contribution in [2.75, 3.05) is 12.9 Å². The molecule has 23 heavy (non-hydrogen) atoms. The number of para-hydroxylation sites is 1. The van der Waals surface area contributed by atoms with Crippen molar-refractivity contribution in [2.24, 2.45) is 5.41 Å². The highest BCUT2D eigenvalue weighted by molar-refractivity contribution is 7.99. The number of benzene rings is 1. The molecular formula is C19H24O3S. The van der Waals surface area contributed by atoms with Crippen LogP contribution in [0.5, 0.6) is 11.5 Å². The third-order valence-electron chi connectivity index (χ3n) is 4.37. The molecule has 0 bridgehead atoms. The number of methoxy groups -OCH3 is 1. The standard InChI is InChI=1S/C19H24O3S/c1-5-9-23-18-12-7-6-8-14(21-4)17(12)22-15-11-19(2,3)10-13(20)16(15)18/h6-8,18H,5,9-11H2,1-4H3. The van der Waals surface area contributed by atoms with E-state index in [0.29, 0.717) is 6.42 Å². The average molecular weight is 332 g/mol. The van der Waals surface area contributed by atoms with E-state index >= 15 is 0 Å². The number of fused-ring (bicyclic) bond motifs is 1. The molecule has 1 atom stereocenters. The van der Waals surface area contributed by atoms with Crippen molar-refractivity contribution in [3.8, 4) is 11.5 Å². The van der Waals surface area contributed by atoms with Gasteiger partial charge < -0.3 is 9.47 Å². The minimum absolute atomic E-state index is 0.0462. The summed E-state index contributed by atoms with van der Waals surface area (Å²) in [4.78, 5) is 12.8. The summed E-state index contributed by atoms with van der Waals surface area (Å²) in [5, 5.41) is 0.0624. The average Bonchev–Trinajstić information content (AvgIpc) is 2.49. The fourth-order valence-corrected chi connectivity index (χ4v) is 4.62. The first-order valence-electron chi connectivity index (χ1n) is 8.19. The van der Waals surface area contributed by atoms with Crippen LogP contribution >= 0.6 is 11.8 Å². The molecule has 0 aromatic heterocycles. The van der Waals surface area contributed by atoms with Crippen LogP contribution in [0.2, 0.25) is 0 Å². The van der Waals surface area contributed by atoms with Crippen molar-refractivity contribution in [3.05, 3.63) is 35.1 Å². The highest BCUT2D eigenvalue weighted by atomic mass is 32.2. The van der Waals surface area contributed by atoms with Crippen LogP contribution in [-0.2, 0) is 4.79 Å². The van der Waals surface area contributed by atoms with Gasteiger partial charge in [0.2, 0.25) is 0 Å². The van der Waals surface area contributed by atoms with E-state index in [1.807, 2.05) is 23.9 Å². The van der Waals surface area contributed by atoms with Gasteiger partial charge in [-0.15, -0.1) is 11.8 Å². The molecule has 0 amide bonds. The predicted molar refractivity (Wildman–Crippen MR) is 94.2 cm³/mol. The van der Waals surface area contributed by atoms with E-state index in [2.05, 4.69) is 26.8 Å². The van der Waals surface area contributed by atoms with Gasteiger partial charge in [0.1, 0.15) is 5.76 Å². The lowest BCUT2D eigenvalue weighted by Gasteiger charge is -2.38. The summed E-state index contributed by atoms with van der Waals surface area (Å²) in [6.07, 6.45) is 2.48. The molecule has 0 radical (unpaired) electrons. The molecular weight excluding hydrogens is 308 g/mol. The van der Waals surface area contributed by atoms with Crippen molar-refractivity contribution in [1.29, 1.82) is 0 Å². The molecule has 1 aromatic carbocycles. The number of carbonyl (C=O) groups excluding carboxylic acids is 1. The maximum absolute atomic E-state index is 12.8. The molecule has 2 aliphatic rings. The van der Waals surface area contributed by atoms with E-state index in [4.69, 9.17) is 9.47 Å². The number of hydrogen-bond acceptors (Lipinski definition) is 4. The Kier molecular flexibility index (Phi) is 4.45. The Hall–Kier alpha value is -1.42. The van der Waals surface area contributed by atoms with Crippen LogP contribution < -0.4 is 9.47 Å². The normalized spacial score (nSPS) is 22.3. The van der Waals surface area contributed by atoms with Crippen LogP contribution in [0.1, 0.15) is 50.8 Å². The summed E-state index contributed by atoms with van der Waals surface area (Å²) < 4.78 is 11.7. The first kappa shape index (κ1) is 16.4. The van der Waals surface area contributed by atoms with Gasteiger partial charge in [-0.25, -0.2) is 0 Å². The molecule has 0 saturated carbocycles. The number of thioether (sulfide) groups is 1. The summed E-state index contributed by atoms with van der Waals surface area (Å²) in [6, 6.07) is 5.95. The third-order valence-corrected chi connectivity index (χ3v) is 5.83. The summed E-state index contributed by atoms with van der Waals surface area (Å²) in [7, 11) is 1.66. The Bertz CT molecular complexity index is 661. The van der Waals surface area contributed by atoms with Crippen molar-refractivity contribution >= 4 is 17.5 Å². The molecule has 124 valence electrons. The Morgan fingerprint density at radius 3 is 2.83 bits per heavy atom. The smallest absolute Gasteiger partial charge is 0.173 e. The van der Waals surface area contributed by atoms with Crippen LogP contribution in [-0.4, -0.2) is 18.6 Å². The number of ketones is 1. The summed E-state index contributed by atoms with van der Waals surface area (Å²) in [6.45, 7) is 6.42. The minimum Gasteiger partial charge on any atom is -0.493 e. The largest absolute Gasteiger partial charge is 0.493 e. The van der Waals surface area contributed by atoms with Gasteiger partial charge in [0.05, 0.1) is 17.9 Å². The monoisotopic (exact) mass is 332 g/mol. The zero-order valence-corrected chi connectivity index (χ0v) is 15.1. The Labute approximate surface area is 142 Å². The molecule has 1 aliphatic heterocycles. The Balaban J connectivity index is 2.10. The third kappa shape index (κ3) is 3.01. The van der Waals surface area contributed by atoms with Gasteiger partial charge in [0.25, 0.3) is 0 Å². The van der Waals surface area contributed by atoms with Crippen LogP contribution in [0, 0.1) is 5.41 Å². The van der Waals surface area contributed by atoms with Gasteiger partial charge in [-0.05, 0) is 23.7 Å². The lowest BCUT2D eigenvalue weighted by atomic mass is 9.74. The number of rotatable bonds is 4. The van der Waals surface area contributed by atoms with Crippen LogP contribution in [0.15, 0.2) is 29.5 Å². The Morgan fingerprint density at radius 1 is 1.35 bits per heavy atom. The van der Waals surface area contributed by atoms with Gasteiger partial charge in [0, 0.05) is 18.4 Å². The van der Waals surface area contributed by atoms with Crippen LogP contribution in [0.4, 0.5) is 0 Å².